The number of nitrogens with one attached hydrogen (secondary N) is 2. The van der Waals surface area contributed by atoms with Gasteiger partial charge in [-0.2, -0.15) is 11.8 Å². The quantitative estimate of drug-likeness (QED) is 0.146. The zero-order valence-corrected chi connectivity index (χ0v) is 20.3. The highest BCUT2D eigenvalue weighted by Crippen LogP contribution is 2.10. The summed E-state index contributed by atoms with van der Waals surface area (Å²) in [5.41, 5.74) is 1.21. The van der Waals surface area contributed by atoms with Gasteiger partial charge in [-0.1, -0.05) is 24.3 Å². The summed E-state index contributed by atoms with van der Waals surface area (Å²) in [4.78, 5) is 20.0. The summed E-state index contributed by atoms with van der Waals surface area (Å²) in [6.45, 7) is 6.39. The Balaban J connectivity index is 0.00000729. The molecule has 158 valence electrons. The molecule has 0 spiro atoms. The van der Waals surface area contributed by atoms with Crippen LogP contribution in [0.5, 0.6) is 0 Å². The van der Waals surface area contributed by atoms with Crippen LogP contribution >= 0.6 is 35.7 Å². The predicted octanol–water partition coefficient (Wildman–Crippen LogP) is 2.67. The highest BCUT2D eigenvalue weighted by atomic mass is 127. The maximum absolute atomic E-state index is 11.8. The zero-order chi connectivity index (χ0) is 19.9. The molecule has 0 aliphatic heterocycles. The van der Waals surface area contributed by atoms with Gasteiger partial charge in [0.2, 0.25) is 5.91 Å². The molecule has 0 atom stereocenters. The van der Waals surface area contributed by atoms with E-state index >= 15 is 0 Å². The molecule has 0 fully saturated rings. The number of guanidine groups is 1. The monoisotopic (exact) mass is 519 g/mol. The topological polar surface area (TPSA) is 60.0 Å². The van der Waals surface area contributed by atoms with Gasteiger partial charge in [0, 0.05) is 58.0 Å². The van der Waals surface area contributed by atoms with Crippen molar-refractivity contribution in [3.05, 3.63) is 43.0 Å². The number of amides is 1. The summed E-state index contributed by atoms with van der Waals surface area (Å²) < 4.78 is 0. The minimum Gasteiger partial charge on any atom is -0.375 e. The van der Waals surface area contributed by atoms with Gasteiger partial charge in [-0.05, 0) is 18.6 Å². The van der Waals surface area contributed by atoms with Crippen molar-refractivity contribution in [3.63, 3.8) is 0 Å². The van der Waals surface area contributed by atoms with Crippen LogP contribution in [0.2, 0.25) is 0 Å². The molecular weight excluding hydrogens is 485 g/mol. The Morgan fingerprint density at radius 2 is 1.86 bits per heavy atom. The molecule has 0 aliphatic carbocycles. The summed E-state index contributed by atoms with van der Waals surface area (Å²) in [5.74, 6) is 2.57. The molecule has 0 bridgehead atoms. The Kier molecular flexibility index (Phi) is 15.7. The number of benzene rings is 1. The van der Waals surface area contributed by atoms with Crippen LogP contribution in [0.15, 0.2) is 48.0 Å². The molecule has 1 aromatic rings. The molecule has 1 rings (SSSR count). The third-order valence-corrected chi connectivity index (χ3v) is 4.77. The van der Waals surface area contributed by atoms with Crippen LogP contribution in [0.1, 0.15) is 6.42 Å². The van der Waals surface area contributed by atoms with E-state index < -0.39 is 0 Å². The Morgan fingerprint density at radius 1 is 1.18 bits per heavy atom. The number of carbonyl (C=O) groups excluding carboxylic acids is 1. The zero-order valence-electron chi connectivity index (χ0n) is 17.2. The lowest BCUT2D eigenvalue weighted by Gasteiger charge is -2.20. The molecule has 0 aromatic heterocycles. The third kappa shape index (κ3) is 12.1. The van der Waals surface area contributed by atoms with Crippen molar-refractivity contribution >= 4 is 53.3 Å². The van der Waals surface area contributed by atoms with Crippen LogP contribution in [0.3, 0.4) is 0 Å². The number of hydrogen-bond acceptors (Lipinski definition) is 4. The first-order valence-corrected chi connectivity index (χ1v) is 10.4. The number of carbonyl (C=O) groups is 1. The maximum Gasteiger partial charge on any atom is 0.243 e. The first-order chi connectivity index (χ1) is 13.0. The predicted molar refractivity (Wildman–Crippen MR) is 134 cm³/mol. The van der Waals surface area contributed by atoms with Crippen molar-refractivity contribution in [2.24, 2.45) is 4.99 Å². The number of rotatable bonds is 12. The third-order valence-electron chi connectivity index (χ3n) is 3.81. The Bertz CT molecular complexity index is 583. The van der Waals surface area contributed by atoms with Gasteiger partial charge in [-0.15, -0.1) is 30.6 Å². The van der Waals surface area contributed by atoms with Gasteiger partial charge in [0.15, 0.2) is 5.96 Å². The molecule has 1 amide bonds. The first kappa shape index (κ1) is 26.6. The lowest BCUT2D eigenvalue weighted by atomic mass is 10.3. The van der Waals surface area contributed by atoms with Gasteiger partial charge in [-0.3, -0.25) is 4.79 Å². The number of likely N-dealkylation sites (N-methyl/N-ethyl adjacent to an activating group) is 1. The van der Waals surface area contributed by atoms with E-state index in [2.05, 4.69) is 46.3 Å². The maximum atomic E-state index is 11.8. The first-order valence-electron chi connectivity index (χ1n) is 9.21. The Morgan fingerprint density at radius 3 is 2.50 bits per heavy atom. The van der Waals surface area contributed by atoms with E-state index in [1.807, 2.05) is 36.0 Å². The highest BCUT2D eigenvalue weighted by molar-refractivity contribution is 14.0. The van der Waals surface area contributed by atoms with E-state index in [1.165, 1.54) is 5.69 Å². The van der Waals surface area contributed by atoms with E-state index in [0.717, 1.165) is 37.6 Å². The van der Waals surface area contributed by atoms with Crippen LogP contribution in [0, 0.1) is 0 Å². The van der Waals surface area contributed by atoms with Crippen molar-refractivity contribution < 1.29 is 4.79 Å². The van der Waals surface area contributed by atoms with E-state index in [1.54, 1.807) is 19.0 Å². The lowest BCUT2D eigenvalue weighted by Crippen LogP contribution is -2.40. The van der Waals surface area contributed by atoms with Crippen molar-refractivity contribution in [2.75, 3.05) is 63.7 Å². The molecule has 0 radical (unpaired) electrons. The van der Waals surface area contributed by atoms with Crippen molar-refractivity contribution in [2.45, 2.75) is 6.42 Å². The van der Waals surface area contributed by atoms with E-state index in [-0.39, 0.29) is 36.4 Å². The number of hydrogen-bond donors (Lipinski definition) is 2. The second kappa shape index (κ2) is 16.5. The van der Waals surface area contributed by atoms with Gasteiger partial charge in [0.25, 0.3) is 0 Å². The van der Waals surface area contributed by atoms with Crippen molar-refractivity contribution in [1.29, 1.82) is 0 Å². The molecular formula is C20H34IN5OS. The summed E-state index contributed by atoms with van der Waals surface area (Å²) in [6, 6.07) is 10.3. The molecule has 6 nitrogen and oxygen atoms in total. The second-order valence-corrected chi connectivity index (χ2v) is 7.43. The number of para-hydroxylation sites is 1. The van der Waals surface area contributed by atoms with E-state index in [4.69, 9.17) is 0 Å². The summed E-state index contributed by atoms with van der Waals surface area (Å²) in [7, 11) is 5.57. The number of thioether (sulfide) groups is 1. The average Bonchev–Trinajstić information content (AvgIpc) is 2.68. The van der Waals surface area contributed by atoms with Gasteiger partial charge < -0.3 is 20.4 Å². The minimum absolute atomic E-state index is 0. The Labute approximate surface area is 191 Å². The molecule has 2 N–H and O–H groups in total. The second-order valence-electron chi connectivity index (χ2n) is 6.28. The van der Waals surface area contributed by atoms with Crippen LogP contribution < -0.4 is 15.5 Å². The fourth-order valence-electron chi connectivity index (χ4n) is 2.21. The number of aliphatic imine (C=N–C) groups is 1. The van der Waals surface area contributed by atoms with Crippen LogP contribution in [0.4, 0.5) is 5.69 Å². The molecule has 8 heteroatoms. The van der Waals surface area contributed by atoms with Gasteiger partial charge >= 0.3 is 0 Å². The van der Waals surface area contributed by atoms with Crippen LogP contribution in [0.25, 0.3) is 0 Å². The summed E-state index contributed by atoms with van der Waals surface area (Å²) in [5, 5.41) is 6.62. The fraction of sp³-hybridized carbons (Fsp3) is 0.500. The van der Waals surface area contributed by atoms with Crippen molar-refractivity contribution in [1.82, 2.24) is 15.5 Å². The van der Waals surface area contributed by atoms with Crippen LogP contribution in [-0.2, 0) is 4.79 Å². The molecule has 28 heavy (non-hydrogen) atoms. The lowest BCUT2D eigenvalue weighted by molar-refractivity contribution is -0.127. The molecule has 0 heterocycles. The van der Waals surface area contributed by atoms with Gasteiger partial charge in [0.05, 0.1) is 0 Å². The minimum atomic E-state index is -0.0130. The molecule has 0 unspecified atom stereocenters. The molecule has 0 saturated carbocycles. The SMILES string of the molecule is C=CCSCCNC(=NCC(=O)N(C)C)NCCCN(C)c1ccccc1.I. The Hall–Kier alpha value is -1.42. The molecule has 0 aliphatic rings. The van der Waals surface area contributed by atoms with Gasteiger partial charge in [0.1, 0.15) is 6.54 Å². The van der Waals surface area contributed by atoms with E-state index in [0.29, 0.717) is 5.96 Å². The largest absolute Gasteiger partial charge is 0.375 e. The number of nitrogens with zero attached hydrogens (tertiary/aromatic N) is 3. The number of anilines is 1. The standard InChI is InChI=1S/C20H33N5OS.HI/c1-5-15-27-16-13-22-20(23-17-19(26)24(2)3)21-12-9-14-25(4)18-10-7-6-8-11-18;/h5-8,10-11H,1,9,12-17H2,2-4H3,(H2,21,22,23);1H. The fourth-order valence-corrected chi connectivity index (χ4v) is 2.79. The van der Waals surface area contributed by atoms with Crippen molar-refractivity contribution in [3.8, 4) is 0 Å². The van der Waals surface area contributed by atoms with E-state index in [9.17, 15) is 4.79 Å². The molecule has 1 aromatic carbocycles. The van der Waals surface area contributed by atoms with Crippen LogP contribution in [-0.4, -0.2) is 75.6 Å². The normalized spacial score (nSPS) is 10.6. The highest BCUT2D eigenvalue weighted by Gasteiger charge is 2.05. The van der Waals surface area contributed by atoms with Gasteiger partial charge in [-0.25, -0.2) is 4.99 Å². The summed E-state index contributed by atoms with van der Waals surface area (Å²) >= 11 is 1.81. The molecule has 0 saturated heterocycles. The number of halogens is 1. The average molecular weight is 519 g/mol. The smallest absolute Gasteiger partial charge is 0.243 e. The summed E-state index contributed by atoms with van der Waals surface area (Å²) in [6.07, 6.45) is 2.87.